The van der Waals surface area contributed by atoms with Crippen molar-refractivity contribution >= 4 is 42.6 Å². The van der Waals surface area contributed by atoms with E-state index in [-0.39, 0.29) is 17.1 Å². The minimum Gasteiger partial charge on any atom is -0.307 e. The van der Waals surface area contributed by atoms with Crippen molar-refractivity contribution in [1.29, 1.82) is 0 Å². The van der Waals surface area contributed by atoms with E-state index < -0.39 is 0 Å². The molecule has 0 aliphatic heterocycles. The second-order valence-corrected chi connectivity index (χ2v) is 2.88. The van der Waals surface area contributed by atoms with Crippen LogP contribution in [0.4, 0.5) is 0 Å². The largest absolute Gasteiger partial charge is 0.307 e. The second kappa shape index (κ2) is 55.8. The molecule has 18 heavy (non-hydrogen) atoms. The summed E-state index contributed by atoms with van der Waals surface area (Å²) < 4.78 is 0. The first-order chi connectivity index (χ1) is 8.41. The van der Waals surface area contributed by atoms with Crippen LogP contribution in [0.2, 0.25) is 0 Å². The molecule has 105 valence electrons. The van der Waals surface area contributed by atoms with Crippen LogP contribution in [-0.4, -0.2) is 32.0 Å². The average molecular weight is 362 g/mol. The van der Waals surface area contributed by atoms with E-state index in [9.17, 15) is 4.79 Å². The van der Waals surface area contributed by atoms with Crippen molar-refractivity contribution in [3.8, 4) is 0 Å². The molecule has 1 radical (unpaired) electrons. The SMILES string of the molecule is C1=CCC=C1.C=O.C=O.C=O.O=CCCCBr.[Mn]. The Kier molecular flexibility index (Phi) is 93.9. The van der Waals surface area contributed by atoms with Crippen LogP contribution in [0, 0.1) is 0 Å². The van der Waals surface area contributed by atoms with E-state index in [1.54, 1.807) is 0 Å². The van der Waals surface area contributed by atoms with Gasteiger partial charge >= 0.3 is 0 Å². The third kappa shape index (κ3) is 59.3. The van der Waals surface area contributed by atoms with Crippen LogP contribution in [0.15, 0.2) is 24.3 Å². The topological polar surface area (TPSA) is 68.3 Å². The maximum absolute atomic E-state index is 9.54. The van der Waals surface area contributed by atoms with Gasteiger partial charge in [-0.25, -0.2) is 0 Å². The quantitative estimate of drug-likeness (QED) is 0.334. The number of hydrogen-bond acceptors (Lipinski definition) is 4. The number of carbonyl (C=O) groups excluding carboxylic acids is 4. The Morgan fingerprint density at radius 2 is 1.39 bits per heavy atom. The minimum atomic E-state index is 0. The molecule has 1 aliphatic carbocycles. The van der Waals surface area contributed by atoms with Crippen LogP contribution in [0.5, 0.6) is 0 Å². The van der Waals surface area contributed by atoms with Gasteiger partial charge in [-0.2, -0.15) is 0 Å². The van der Waals surface area contributed by atoms with Crippen LogP contribution in [0.3, 0.4) is 0 Å². The molecular formula is C12H19BrMnO4. The van der Waals surface area contributed by atoms with Crippen molar-refractivity contribution < 1.29 is 36.2 Å². The second-order valence-electron chi connectivity index (χ2n) is 2.09. The summed E-state index contributed by atoms with van der Waals surface area (Å²) in [4.78, 5) is 33.5. The van der Waals surface area contributed by atoms with E-state index in [1.807, 2.05) is 20.4 Å². The molecule has 0 atom stereocenters. The molecule has 0 amide bonds. The van der Waals surface area contributed by atoms with Crippen LogP contribution in [0.1, 0.15) is 19.3 Å². The Balaban J connectivity index is -0.0000000428. The number of hydrogen-bond donors (Lipinski definition) is 0. The van der Waals surface area contributed by atoms with Gasteiger partial charge in [-0.3, -0.25) is 0 Å². The van der Waals surface area contributed by atoms with Crippen LogP contribution in [0.25, 0.3) is 0 Å². The van der Waals surface area contributed by atoms with E-state index in [2.05, 4.69) is 40.2 Å². The van der Waals surface area contributed by atoms with Gasteiger partial charge in [-0.1, -0.05) is 40.2 Å². The predicted octanol–water partition coefficient (Wildman–Crippen LogP) is 2.31. The number of rotatable bonds is 3. The van der Waals surface area contributed by atoms with E-state index in [0.717, 1.165) is 24.5 Å². The first kappa shape index (κ1) is 30.3. The summed E-state index contributed by atoms with van der Waals surface area (Å²) in [6.45, 7) is 6.00. The zero-order valence-corrected chi connectivity index (χ0v) is 13.0. The molecule has 6 heteroatoms. The summed E-state index contributed by atoms with van der Waals surface area (Å²) in [5.41, 5.74) is 0. The van der Waals surface area contributed by atoms with Gasteiger partial charge in [0.05, 0.1) is 0 Å². The molecule has 0 aromatic rings. The van der Waals surface area contributed by atoms with Crippen molar-refractivity contribution in [2.45, 2.75) is 19.3 Å². The summed E-state index contributed by atoms with van der Waals surface area (Å²) in [6.07, 6.45) is 12.1. The summed E-state index contributed by atoms with van der Waals surface area (Å²) >= 11 is 3.19. The van der Waals surface area contributed by atoms with E-state index in [4.69, 9.17) is 14.4 Å². The van der Waals surface area contributed by atoms with Crippen molar-refractivity contribution in [2.75, 3.05) is 5.33 Å². The van der Waals surface area contributed by atoms with Gasteiger partial charge in [-0.15, -0.1) is 0 Å². The summed E-state index contributed by atoms with van der Waals surface area (Å²) in [5.74, 6) is 0. The molecule has 0 heterocycles. The smallest absolute Gasteiger partial charge is 0.120 e. The van der Waals surface area contributed by atoms with E-state index in [1.165, 1.54) is 0 Å². The molecule has 0 aromatic carbocycles. The molecule has 0 bridgehead atoms. The molecule has 0 saturated heterocycles. The first-order valence-electron chi connectivity index (χ1n) is 4.59. The third-order valence-electron chi connectivity index (χ3n) is 1.11. The number of alkyl halides is 1. The standard InChI is InChI=1S/C5H6.C4H7BrO.3CH2O.Mn/c1-2-4-5-3-1;5-3-1-2-4-6;3*1-2;/h1-4H,5H2;4H,1-3H2;3*1H2;. The van der Waals surface area contributed by atoms with Crippen molar-refractivity contribution in [1.82, 2.24) is 0 Å². The molecule has 0 fully saturated rings. The Bertz CT molecular complexity index is 172. The molecule has 0 unspecified atom stereocenters. The Hall–Kier alpha value is -0.841. The van der Waals surface area contributed by atoms with Gasteiger partial charge in [0.1, 0.15) is 26.7 Å². The molecule has 0 saturated carbocycles. The van der Waals surface area contributed by atoms with Crippen molar-refractivity contribution in [2.24, 2.45) is 0 Å². The monoisotopic (exact) mass is 361 g/mol. The zero-order valence-electron chi connectivity index (χ0n) is 10.2. The summed E-state index contributed by atoms with van der Waals surface area (Å²) in [6, 6.07) is 0. The van der Waals surface area contributed by atoms with Crippen LogP contribution < -0.4 is 0 Å². The van der Waals surface area contributed by atoms with Crippen LogP contribution >= 0.6 is 15.9 Å². The molecule has 0 spiro atoms. The molecule has 1 rings (SSSR count). The molecule has 0 aromatic heterocycles. The fraction of sp³-hybridized carbons (Fsp3) is 0.333. The number of carbonyl (C=O) groups is 4. The minimum absolute atomic E-state index is 0. The van der Waals surface area contributed by atoms with Crippen molar-refractivity contribution in [3.63, 3.8) is 0 Å². The number of aldehydes is 1. The molecular weight excluding hydrogens is 343 g/mol. The van der Waals surface area contributed by atoms with Crippen LogP contribution in [-0.2, 0) is 36.2 Å². The molecule has 4 nitrogen and oxygen atoms in total. The fourth-order valence-electron chi connectivity index (χ4n) is 0.553. The maximum Gasteiger partial charge on any atom is 0.120 e. The van der Waals surface area contributed by atoms with Gasteiger partial charge in [0.15, 0.2) is 0 Å². The van der Waals surface area contributed by atoms with Crippen molar-refractivity contribution in [3.05, 3.63) is 24.3 Å². The summed E-state index contributed by atoms with van der Waals surface area (Å²) in [5, 5.41) is 0.936. The maximum atomic E-state index is 9.54. The first-order valence-corrected chi connectivity index (χ1v) is 5.72. The molecule has 1 aliphatic rings. The van der Waals surface area contributed by atoms with Gasteiger partial charge in [0.25, 0.3) is 0 Å². The fourth-order valence-corrected chi connectivity index (χ4v) is 0.877. The number of allylic oxidation sites excluding steroid dienone is 4. The third-order valence-corrected chi connectivity index (χ3v) is 1.67. The van der Waals surface area contributed by atoms with Gasteiger partial charge in [0.2, 0.25) is 0 Å². The Labute approximate surface area is 128 Å². The van der Waals surface area contributed by atoms with Gasteiger partial charge in [0, 0.05) is 28.8 Å². The normalized spacial score (nSPS) is 8.28. The van der Waals surface area contributed by atoms with E-state index >= 15 is 0 Å². The summed E-state index contributed by atoms with van der Waals surface area (Å²) in [7, 11) is 0. The average Bonchev–Trinajstić information content (AvgIpc) is 3.02. The number of halogens is 1. The predicted molar refractivity (Wildman–Crippen MR) is 73.4 cm³/mol. The van der Waals surface area contributed by atoms with E-state index in [0.29, 0.717) is 6.42 Å². The van der Waals surface area contributed by atoms with Gasteiger partial charge in [-0.05, 0) is 12.8 Å². The van der Waals surface area contributed by atoms with Gasteiger partial charge < -0.3 is 19.2 Å². The molecule has 0 N–H and O–H groups in total. The zero-order chi connectivity index (χ0) is 14.4. The Morgan fingerprint density at radius 3 is 1.50 bits per heavy atom. The Morgan fingerprint density at radius 1 is 1.00 bits per heavy atom. The number of unbranched alkanes of at least 4 members (excludes halogenated alkanes) is 1.